The van der Waals surface area contributed by atoms with Crippen LogP contribution >= 0.6 is 0 Å². The van der Waals surface area contributed by atoms with E-state index in [1.54, 1.807) is 0 Å². The van der Waals surface area contributed by atoms with Gasteiger partial charge in [0.15, 0.2) is 0 Å². The molecule has 1 aliphatic carbocycles. The predicted octanol–water partition coefficient (Wildman–Crippen LogP) is 2.40. The zero-order valence-electron chi connectivity index (χ0n) is 17.2. The lowest BCUT2D eigenvalue weighted by Crippen LogP contribution is -2.50. The number of amides is 1. The van der Waals surface area contributed by atoms with Gasteiger partial charge in [0.05, 0.1) is 13.2 Å². The van der Waals surface area contributed by atoms with Crippen LogP contribution < -0.4 is 10.6 Å². The fraction of sp³-hybridized carbons (Fsp3) is 0.850. The summed E-state index contributed by atoms with van der Waals surface area (Å²) in [6.45, 7) is 14.5. The lowest BCUT2D eigenvalue weighted by molar-refractivity contribution is -0.0323. The normalized spacial score (nSPS) is 31.2. The Balaban J connectivity index is 1.83. The molecule has 1 aliphatic heterocycles. The number of rotatable bonds is 8. The standard InChI is InChI=1S/C20H36N2O5/c1-14(9-23)10-26-18(24)22-16-6-19(3,4)12-20(5,7-16)13-21-8-17-25-11-15(2)27-17/h14,16-17,21,23H,2,6-13H2,1,3-5H3,(H,22,24). The van der Waals surface area contributed by atoms with Crippen LogP contribution in [0.3, 0.4) is 0 Å². The molecule has 0 bridgehead atoms. The Labute approximate surface area is 162 Å². The van der Waals surface area contributed by atoms with Crippen molar-refractivity contribution in [2.75, 3.05) is 32.9 Å². The second kappa shape index (κ2) is 9.26. The van der Waals surface area contributed by atoms with Crippen LogP contribution in [0.5, 0.6) is 0 Å². The maximum Gasteiger partial charge on any atom is 0.407 e. The maximum absolute atomic E-state index is 12.1. The molecular weight excluding hydrogens is 348 g/mol. The van der Waals surface area contributed by atoms with Crippen molar-refractivity contribution in [1.82, 2.24) is 10.6 Å². The molecular formula is C20H36N2O5. The van der Waals surface area contributed by atoms with Crippen molar-refractivity contribution < 1.29 is 24.1 Å². The molecule has 1 saturated heterocycles. The number of carbonyl (C=O) groups excluding carboxylic acids is 1. The average molecular weight is 385 g/mol. The second-order valence-corrected chi connectivity index (χ2v) is 9.32. The molecule has 1 amide bonds. The first-order valence-corrected chi connectivity index (χ1v) is 9.82. The number of ether oxygens (including phenoxy) is 3. The van der Waals surface area contributed by atoms with Crippen LogP contribution in [-0.4, -0.2) is 56.4 Å². The van der Waals surface area contributed by atoms with Gasteiger partial charge in [0, 0.05) is 25.1 Å². The van der Waals surface area contributed by atoms with Crippen molar-refractivity contribution in [3.63, 3.8) is 0 Å². The molecule has 2 rings (SSSR count). The molecule has 2 fully saturated rings. The third-order valence-electron chi connectivity index (χ3n) is 5.17. The summed E-state index contributed by atoms with van der Waals surface area (Å²) in [5.74, 6) is 0.620. The molecule has 27 heavy (non-hydrogen) atoms. The molecule has 0 radical (unpaired) electrons. The first-order chi connectivity index (χ1) is 12.6. The number of hydrogen-bond donors (Lipinski definition) is 3. The van der Waals surface area contributed by atoms with Gasteiger partial charge in [-0.3, -0.25) is 0 Å². The van der Waals surface area contributed by atoms with Gasteiger partial charge in [0.25, 0.3) is 0 Å². The third-order valence-corrected chi connectivity index (χ3v) is 5.17. The summed E-state index contributed by atoms with van der Waals surface area (Å²) in [6.07, 6.45) is 2.20. The van der Waals surface area contributed by atoms with Crippen molar-refractivity contribution in [3.8, 4) is 0 Å². The molecule has 0 aromatic rings. The maximum atomic E-state index is 12.1. The fourth-order valence-electron chi connectivity index (χ4n) is 4.38. The smallest absolute Gasteiger partial charge is 0.407 e. The molecule has 0 aromatic heterocycles. The second-order valence-electron chi connectivity index (χ2n) is 9.32. The molecule has 156 valence electrons. The van der Waals surface area contributed by atoms with E-state index in [0.717, 1.165) is 25.8 Å². The van der Waals surface area contributed by atoms with Gasteiger partial charge in [-0.2, -0.15) is 0 Å². The van der Waals surface area contributed by atoms with E-state index in [4.69, 9.17) is 19.3 Å². The van der Waals surface area contributed by atoms with Crippen molar-refractivity contribution in [2.24, 2.45) is 16.7 Å². The van der Waals surface area contributed by atoms with Crippen LogP contribution in [-0.2, 0) is 14.2 Å². The van der Waals surface area contributed by atoms with E-state index in [1.807, 2.05) is 6.92 Å². The number of aliphatic hydroxyl groups excluding tert-OH is 1. The number of aliphatic hydroxyl groups is 1. The van der Waals surface area contributed by atoms with Gasteiger partial charge in [-0.25, -0.2) is 4.79 Å². The van der Waals surface area contributed by atoms with Gasteiger partial charge >= 0.3 is 6.09 Å². The molecule has 0 aromatic carbocycles. The van der Waals surface area contributed by atoms with E-state index in [-0.39, 0.29) is 42.3 Å². The van der Waals surface area contributed by atoms with Crippen molar-refractivity contribution in [3.05, 3.63) is 12.3 Å². The summed E-state index contributed by atoms with van der Waals surface area (Å²) in [6, 6.07) is 0.0660. The van der Waals surface area contributed by atoms with E-state index in [0.29, 0.717) is 18.9 Å². The van der Waals surface area contributed by atoms with E-state index >= 15 is 0 Å². The minimum absolute atomic E-state index is 0.00918. The Morgan fingerprint density at radius 1 is 1.41 bits per heavy atom. The van der Waals surface area contributed by atoms with Gasteiger partial charge in [0.2, 0.25) is 6.29 Å². The van der Waals surface area contributed by atoms with Crippen molar-refractivity contribution >= 4 is 6.09 Å². The SMILES string of the molecule is C=C1COC(CNCC2(C)CC(NC(=O)OCC(C)CO)CC(C)(C)C2)O1. The van der Waals surface area contributed by atoms with Gasteiger partial charge in [0.1, 0.15) is 12.4 Å². The Morgan fingerprint density at radius 3 is 2.78 bits per heavy atom. The minimum Gasteiger partial charge on any atom is -0.466 e. The highest BCUT2D eigenvalue weighted by atomic mass is 16.7. The topological polar surface area (TPSA) is 89.1 Å². The van der Waals surface area contributed by atoms with Crippen molar-refractivity contribution in [2.45, 2.75) is 59.3 Å². The summed E-state index contributed by atoms with van der Waals surface area (Å²) < 4.78 is 16.2. The van der Waals surface area contributed by atoms with Crippen LogP contribution in [0.2, 0.25) is 0 Å². The van der Waals surface area contributed by atoms with Crippen LogP contribution in [0.1, 0.15) is 47.0 Å². The summed E-state index contributed by atoms with van der Waals surface area (Å²) in [7, 11) is 0. The van der Waals surface area contributed by atoms with Gasteiger partial charge in [-0.1, -0.05) is 34.3 Å². The van der Waals surface area contributed by atoms with Gasteiger partial charge < -0.3 is 30.0 Å². The fourth-order valence-corrected chi connectivity index (χ4v) is 4.38. The highest BCUT2D eigenvalue weighted by molar-refractivity contribution is 5.67. The highest BCUT2D eigenvalue weighted by Crippen LogP contribution is 2.45. The summed E-state index contributed by atoms with van der Waals surface area (Å²) in [5.41, 5.74) is 0.174. The monoisotopic (exact) mass is 384 g/mol. The highest BCUT2D eigenvalue weighted by Gasteiger charge is 2.41. The first-order valence-electron chi connectivity index (χ1n) is 9.82. The zero-order valence-corrected chi connectivity index (χ0v) is 17.2. The lowest BCUT2D eigenvalue weighted by atomic mass is 9.62. The molecule has 2 aliphatic rings. The molecule has 4 unspecified atom stereocenters. The number of carbonyl (C=O) groups is 1. The van der Waals surface area contributed by atoms with E-state index in [2.05, 4.69) is 38.0 Å². The Kier molecular flexibility index (Phi) is 7.54. The van der Waals surface area contributed by atoms with Crippen LogP contribution in [0.15, 0.2) is 12.3 Å². The lowest BCUT2D eigenvalue weighted by Gasteiger charge is -2.47. The Hall–Kier alpha value is -1.31. The van der Waals surface area contributed by atoms with Crippen molar-refractivity contribution in [1.29, 1.82) is 0 Å². The molecule has 4 atom stereocenters. The van der Waals surface area contributed by atoms with E-state index < -0.39 is 6.09 Å². The molecule has 7 nitrogen and oxygen atoms in total. The predicted molar refractivity (Wildman–Crippen MR) is 103 cm³/mol. The quantitative estimate of drug-likeness (QED) is 0.595. The number of hydrogen-bond acceptors (Lipinski definition) is 6. The first kappa shape index (κ1) is 22.0. The van der Waals surface area contributed by atoms with E-state index in [1.165, 1.54) is 0 Å². The molecule has 7 heteroatoms. The van der Waals surface area contributed by atoms with E-state index in [9.17, 15) is 4.79 Å². The van der Waals surface area contributed by atoms with Gasteiger partial charge in [-0.15, -0.1) is 0 Å². The summed E-state index contributed by atoms with van der Waals surface area (Å²) in [5, 5.41) is 15.5. The third kappa shape index (κ3) is 7.31. The number of alkyl carbamates (subject to hydrolysis) is 1. The number of nitrogens with one attached hydrogen (secondary N) is 2. The largest absolute Gasteiger partial charge is 0.466 e. The zero-order chi connectivity index (χ0) is 20.1. The summed E-state index contributed by atoms with van der Waals surface area (Å²) in [4.78, 5) is 12.1. The molecule has 1 saturated carbocycles. The molecule has 3 N–H and O–H groups in total. The van der Waals surface area contributed by atoms with Crippen LogP contribution in [0.25, 0.3) is 0 Å². The molecule has 1 heterocycles. The van der Waals surface area contributed by atoms with Crippen LogP contribution in [0.4, 0.5) is 4.79 Å². The summed E-state index contributed by atoms with van der Waals surface area (Å²) >= 11 is 0. The minimum atomic E-state index is -0.403. The van der Waals surface area contributed by atoms with Crippen LogP contribution in [0, 0.1) is 16.7 Å². The average Bonchev–Trinajstić information content (AvgIpc) is 2.95. The molecule has 0 spiro atoms. The Bertz CT molecular complexity index is 525. The Morgan fingerprint density at radius 2 is 2.15 bits per heavy atom. The van der Waals surface area contributed by atoms with Gasteiger partial charge in [-0.05, 0) is 30.1 Å².